The van der Waals surface area contributed by atoms with Crippen LogP contribution < -0.4 is 5.32 Å². The summed E-state index contributed by atoms with van der Waals surface area (Å²) in [6.45, 7) is 5.22. The average molecular weight is 269 g/mol. The molecule has 19 heavy (non-hydrogen) atoms. The number of rotatable bonds is 4. The quantitative estimate of drug-likeness (QED) is 0.863. The van der Waals surface area contributed by atoms with Crippen molar-refractivity contribution in [2.75, 3.05) is 0 Å². The van der Waals surface area contributed by atoms with E-state index in [-0.39, 0.29) is 6.42 Å². The van der Waals surface area contributed by atoms with Crippen LogP contribution >= 0.6 is 0 Å². The van der Waals surface area contributed by atoms with Crippen molar-refractivity contribution in [2.45, 2.75) is 38.8 Å². The van der Waals surface area contributed by atoms with Crippen LogP contribution in [-0.4, -0.2) is 32.3 Å². The molecule has 0 saturated carbocycles. The highest BCUT2D eigenvalue weighted by molar-refractivity contribution is 5.72. The molecule has 1 unspecified atom stereocenters. The number of carboxylic acids is 1. The van der Waals surface area contributed by atoms with Gasteiger partial charge in [0.25, 0.3) is 0 Å². The van der Waals surface area contributed by atoms with Crippen LogP contribution in [-0.2, 0) is 16.6 Å². The zero-order chi connectivity index (χ0) is 14.6. The average Bonchev–Trinajstić information content (AvgIpc) is 2.59. The first-order valence-corrected chi connectivity index (χ1v) is 5.86. The predicted molar refractivity (Wildman–Crippen MR) is 67.6 cm³/mol. The summed E-state index contributed by atoms with van der Waals surface area (Å²) in [7, 11) is 1.73. The van der Waals surface area contributed by atoms with Gasteiger partial charge in [-0.2, -0.15) is 0 Å². The van der Waals surface area contributed by atoms with Crippen LogP contribution in [0.25, 0.3) is 0 Å². The summed E-state index contributed by atoms with van der Waals surface area (Å²) < 4.78 is 6.77. The van der Waals surface area contributed by atoms with Crippen molar-refractivity contribution in [1.82, 2.24) is 14.9 Å². The normalized spacial score (nSPS) is 12.8. The van der Waals surface area contributed by atoms with E-state index >= 15 is 0 Å². The molecular formula is C12H19N3O4. The van der Waals surface area contributed by atoms with Crippen molar-refractivity contribution in [1.29, 1.82) is 0 Å². The molecule has 0 aliphatic heterocycles. The molecule has 1 atom stereocenters. The summed E-state index contributed by atoms with van der Waals surface area (Å²) in [5.74, 6) is -1.01. The van der Waals surface area contributed by atoms with Gasteiger partial charge in [-0.3, -0.25) is 4.79 Å². The van der Waals surface area contributed by atoms with Gasteiger partial charge in [0.2, 0.25) is 0 Å². The first kappa shape index (κ1) is 15.0. The number of alkyl carbamates (subject to hydrolysis) is 1. The molecule has 1 heterocycles. The van der Waals surface area contributed by atoms with Crippen LogP contribution in [0.5, 0.6) is 0 Å². The van der Waals surface area contributed by atoms with Crippen LogP contribution in [0, 0.1) is 0 Å². The Hall–Kier alpha value is -2.05. The van der Waals surface area contributed by atoms with Crippen LogP contribution in [0.2, 0.25) is 0 Å². The Kier molecular flexibility index (Phi) is 4.52. The third kappa shape index (κ3) is 4.99. The Balaban J connectivity index is 2.79. The Morgan fingerprint density at radius 3 is 2.58 bits per heavy atom. The highest BCUT2D eigenvalue weighted by Crippen LogP contribution is 2.17. The Bertz CT molecular complexity index is 462. The van der Waals surface area contributed by atoms with Gasteiger partial charge < -0.3 is 19.7 Å². The fourth-order valence-corrected chi connectivity index (χ4v) is 1.56. The zero-order valence-electron chi connectivity index (χ0n) is 11.5. The highest BCUT2D eigenvalue weighted by atomic mass is 16.6. The number of nitrogens with one attached hydrogen (secondary N) is 1. The molecule has 7 nitrogen and oxygen atoms in total. The minimum absolute atomic E-state index is 0.237. The van der Waals surface area contributed by atoms with E-state index in [1.54, 1.807) is 38.7 Å². The number of carbonyl (C=O) groups is 2. The van der Waals surface area contributed by atoms with Gasteiger partial charge in [-0.1, -0.05) is 0 Å². The van der Waals surface area contributed by atoms with Gasteiger partial charge in [-0.15, -0.1) is 0 Å². The fraction of sp³-hybridized carbons (Fsp3) is 0.583. The number of carboxylic acid groups (broad SMARTS) is 1. The number of aliphatic carboxylic acids is 1. The number of nitrogens with zero attached hydrogens (tertiary/aromatic N) is 2. The van der Waals surface area contributed by atoms with E-state index < -0.39 is 23.7 Å². The molecule has 0 saturated heterocycles. The maximum Gasteiger partial charge on any atom is 0.408 e. The smallest absolute Gasteiger partial charge is 0.408 e. The minimum atomic E-state index is -1.01. The van der Waals surface area contributed by atoms with Crippen molar-refractivity contribution in [3.8, 4) is 0 Å². The summed E-state index contributed by atoms with van der Waals surface area (Å²) in [6, 6.07) is -0.681. The highest BCUT2D eigenvalue weighted by Gasteiger charge is 2.24. The molecule has 1 rings (SSSR count). The van der Waals surface area contributed by atoms with E-state index in [9.17, 15) is 9.59 Å². The number of amides is 1. The van der Waals surface area contributed by atoms with Gasteiger partial charge in [0.1, 0.15) is 5.60 Å². The molecule has 106 valence electrons. The van der Waals surface area contributed by atoms with Crippen LogP contribution in [0.3, 0.4) is 0 Å². The zero-order valence-corrected chi connectivity index (χ0v) is 11.5. The lowest BCUT2D eigenvalue weighted by Gasteiger charge is -2.23. The Labute approximate surface area is 111 Å². The number of ether oxygens (including phenoxy) is 1. The predicted octanol–water partition coefficient (Wildman–Crippen LogP) is 1.46. The summed E-state index contributed by atoms with van der Waals surface area (Å²) in [5.41, 5.74) is -0.0297. The molecule has 7 heteroatoms. The molecule has 0 aliphatic rings. The van der Waals surface area contributed by atoms with Gasteiger partial charge >= 0.3 is 12.1 Å². The molecule has 1 aromatic rings. The summed E-state index contributed by atoms with van der Waals surface area (Å²) in [6.07, 6.45) is 2.17. The molecule has 1 amide bonds. The first-order valence-electron chi connectivity index (χ1n) is 5.86. The minimum Gasteiger partial charge on any atom is -0.481 e. The number of aryl methyl sites for hydroxylation is 1. The second kappa shape index (κ2) is 5.73. The van der Waals surface area contributed by atoms with Gasteiger partial charge in [0.05, 0.1) is 30.7 Å². The van der Waals surface area contributed by atoms with Gasteiger partial charge in [0, 0.05) is 7.05 Å². The molecular weight excluding hydrogens is 250 g/mol. The second-order valence-corrected chi connectivity index (χ2v) is 5.23. The molecule has 0 bridgehead atoms. The number of hydrogen-bond acceptors (Lipinski definition) is 4. The molecule has 0 radical (unpaired) electrons. The first-order chi connectivity index (χ1) is 8.69. The second-order valence-electron chi connectivity index (χ2n) is 5.23. The standard InChI is InChI=1S/C12H19N3O4/c1-12(2,3)19-11(18)14-8(5-10(16)17)9-6-13-7-15(9)4/h6-8H,5H2,1-4H3,(H,14,18)(H,16,17). The van der Waals surface area contributed by atoms with Gasteiger partial charge in [-0.25, -0.2) is 9.78 Å². The number of hydrogen-bond donors (Lipinski definition) is 2. The maximum atomic E-state index is 11.7. The Morgan fingerprint density at radius 1 is 1.53 bits per heavy atom. The largest absolute Gasteiger partial charge is 0.481 e. The van der Waals surface area contributed by atoms with Crippen LogP contribution in [0.4, 0.5) is 4.79 Å². The van der Waals surface area contributed by atoms with Crippen molar-refractivity contribution in [2.24, 2.45) is 7.05 Å². The van der Waals surface area contributed by atoms with Crippen LogP contribution in [0.1, 0.15) is 38.9 Å². The van der Waals surface area contributed by atoms with E-state index in [1.807, 2.05) is 0 Å². The van der Waals surface area contributed by atoms with Gasteiger partial charge in [-0.05, 0) is 20.8 Å². The third-order valence-corrected chi connectivity index (χ3v) is 2.28. The van der Waals surface area contributed by atoms with E-state index in [0.29, 0.717) is 5.69 Å². The van der Waals surface area contributed by atoms with Crippen molar-refractivity contribution >= 4 is 12.1 Å². The van der Waals surface area contributed by atoms with Crippen molar-refractivity contribution in [3.63, 3.8) is 0 Å². The monoisotopic (exact) mass is 269 g/mol. The van der Waals surface area contributed by atoms with E-state index in [0.717, 1.165) is 0 Å². The van der Waals surface area contributed by atoms with Gasteiger partial charge in [0.15, 0.2) is 0 Å². The van der Waals surface area contributed by atoms with E-state index in [1.165, 1.54) is 6.20 Å². The summed E-state index contributed by atoms with van der Waals surface area (Å²) >= 11 is 0. The molecule has 0 aliphatic carbocycles. The third-order valence-electron chi connectivity index (χ3n) is 2.28. The maximum absolute atomic E-state index is 11.7. The number of imidazole rings is 1. The van der Waals surface area contributed by atoms with Crippen LogP contribution in [0.15, 0.2) is 12.5 Å². The number of carbonyl (C=O) groups excluding carboxylic acids is 1. The molecule has 1 aromatic heterocycles. The lowest BCUT2D eigenvalue weighted by Crippen LogP contribution is -2.36. The lowest BCUT2D eigenvalue weighted by molar-refractivity contribution is -0.137. The van der Waals surface area contributed by atoms with Crippen molar-refractivity contribution < 1.29 is 19.4 Å². The number of aromatic nitrogens is 2. The summed E-state index contributed by atoms with van der Waals surface area (Å²) in [5, 5.41) is 11.4. The summed E-state index contributed by atoms with van der Waals surface area (Å²) in [4.78, 5) is 26.5. The van der Waals surface area contributed by atoms with E-state index in [2.05, 4.69) is 10.3 Å². The van der Waals surface area contributed by atoms with Crippen molar-refractivity contribution in [3.05, 3.63) is 18.2 Å². The molecule has 0 spiro atoms. The topological polar surface area (TPSA) is 93.5 Å². The van der Waals surface area contributed by atoms with E-state index in [4.69, 9.17) is 9.84 Å². The molecule has 2 N–H and O–H groups in total. The molecule has 0 aromatic carbocycles. The molecule has 0 fully saturated rings. The SMILES string of the molecule is Cn1cncc1C(CC(=O)O)NC(=O)OC(C)(C)C. The lowest BCUT2D eigenvalue weighted by atomic mass is 10.1. The Morgan fingerprint density at radius 2 is 2.16 bits per heavy atom. The fourth-order valence-electron chi connectivity index (χ4n) is 1.56.